The van der Waals surface area contributed by atoms with Crippen LogP contribution in [0.2, 0.25) is 0 Å². The van der Waals surface area contributed by atoms with Crippen molar-refractivity contribution >= 4 is 29.4 Å². The highest BCUT2D eigenvalue weighted by atomic mass is 16.5. The minimum absolute atomic E-state index is 0.145. The number of methoxy groups -OCH3 is 1. The Bertz CT molecular complexity index is 1100. The van der Waals surface area contributed by atoms with Gasteiger partial charge in [0.25, 0.3) is 5.91 Å². The number of nitrogens with one attached hydrogen (secondary N) is 1. The molecular formula is C27H28N2O6. The summed E-state index contributed by atoms with van der Waals surface area (Å²) in [6.07, 6.45) is 2.97. The lowest BCUT2D eigenvalue weighted by atomic mass is 9.81. The first-order valence-corrected chi connectivity index (χ1v) is 12.0. The molecule has 2 aromatic rings. The van der Waals surface area contributed by atoms with Gasteiger partial charge in [0.2, 0.25) is 11.8 Å². The number of hydrogen-bond donors (Lipinski definition) is 1. The zero-order valence-electron chi connectivity index (χ0n) is 19.5. The fourth-order valence-electron chi connectivity index (χ4n) is 5.96. The highest BCUT2D eigenvalue weighted by Crippen LogP contribution is 2.56. The minimum atomic E-state index is -1.10. The Morgan fingerprint density at radius 1 is 0.971 bits per heavy atom. The monoisotopic (exact) mass is 476 g/mol. The molecule has 182 valence electrons. The third-order valence-corrected chi connectivity index (χ3v) is 7.54. The normalized spacial score (nSPS) is 25.3. The fourth-order valence-corrected chi connectivity index (χ4v) is 5.96. The number of carbonyl (C=O) groups excluding carboxylic acids is 4. The molecule has 1 N–H and O–H groups in total. The van der Waals surface area contributed by atoms with Gasteiger partial charge in [-0.2, -0.15) is 0 Å². The van der Waals surface area contributed by atoms with Crippen LogP contribution >= 0.6 is 0 Å². The van der Waals surface area contributed by atoms with Crippen LogP contribution in [0.15, 0.2) is 54.6 Å². The van der Waals surface area contributed by atoms with E-state index in [1.54, 1.807) is 31.4 Å². The van der Waals surface area contributed by atoms with E-state index in [9.17, 15) is 19.2 Å². The summed E-state index contributed by atoms with van der Waals surface area (Å²) in [6.45, 7) is -0.523. The molecule has 0 aromatic heterocycles. The second kappa shape index (κ2) is 9.52. The van der Waals surface area contributed by atoms with Crippen LogP contribution in [-0.4, -0.2) is 48.3 Å². The van der Waals surface area contributed by atoms with E-state index < -0.39 is 24.5 Å². The van der Waals surface area contributed by atoms with Crippen LogP contribution < -0.4 is 10.1 Å². The summed E-state index contributed by atoms with van der Waals surface area (Å²) in [7, 11) is 1.55. The molecule has 8 nitrogen and oxygen atoms in total. The van der Waals surface area contributed by atoms with E-state index >= 15 is 0 Å². The van der Waals surface area contributed by atoms with Crippen molar-refractivity contribution in [2.24, 2.45) is 23.7 Å². The average molecular weight is 477 g/mol. The maximum absolute atomic E-state index is 13.4. The Balaban J connectivity index is 1.29. The second-order valence-corrected chi connectivity index (χ2v) is 9.52. The van der Waals surface area contributed by atoms with Crippen molar-refractivity contribution in [1.82, 2.24) is 4.90 Å². The number of esters is 1. The van der Waals surface area contributed by atoms with Crippen LogP contribution in [0.3, 0.4) is 0 Å². The molecule has 0 unspecified atom stereocenters. The first-order valence-electron chi connectivity index (χ1n) is 12.0. The molecule has 3 aliphatic rings. The quantitative estimate of drug-likeness (QED) is 0.464. The van der Waals surface area contributed by atoms with Gasteiger partial charge >= 0.3 is 5.97 Å². The van der Waals surface area contributed by atoms with E-state index in [0.29, 0.717) is 11.4 Å². The molecule has 1 saturated heterocycles. The van der Waals surface area contributed by atoms with Gasteiger partial charge in [-0.3, -0.25) is 19.3 Å². The summed E-state index contributed by atoms with van der Waals surface area (Å²) in [5, 5.41) is 2.66. The highest BCUT2D eigenvalue weighted by Gasteiger charge is 2.62. The fraction of sp³-hybridized carbons (Fsp3) is 0.407. The molecule has 35 heavy (non-hydrogen) atoms. The Hall–Kier alpha value is -3.68. The van der Waals surface area contributed by atoms with E-state index in [4.69, 9.17) is 9.47 Å². The highest BCUT2D eigenvalue weighted by molar-refractivity contribution is 6.08. The van der Waals surface area contributed by atoms with Crippen LogP contribution in [-0.2, 0) is 30.3 Å². The van der Waals surface area contributed by atoms with E-state index in [2.05, 4.69) is 5.32 Å². The molecule has 5 atom stereocenters. The molecule has 3 amide bonds. The molecule has 0 spiro atoms. The van der Waals surface area contributed by atoms with Crippen molar-refractivity contribution < 1.29 is 28.7 Å². The number of carbonyl (C=O) groups is 4. The van der Waals surface area contributed by atoms with Crippen LogP contribution in [0.25, 0.3) is 0 Å². The molecular weight excluding hydrogens is 448 g/mol. The number of anilines is 1. The van der Waals surface area contributed by atoms with Gasteiger partial charge in [-0.1, -0.05) is 30.3 Å². The first-order chi connectivity index (χ1) is 17.0. The number of amides is 3. The van der Waals surface area contributed by atoms with Gasteiger partial charge in [0.05, 0.1) is 18.9 Å². The van der Waals surface area contributed by atoms with E-state index in [1.807, 2.05) is 30.3 Å². The summed E-state index contributed by atoms with van der Waals surface area (Å²) in [4.78, 5) is 53.4. The standard InChI is InChI=1S/C27H28N2O6/c1-34-20-11-9-19(10-12-20)28-22(30)15-35-27(33)21(13-16-5-3-2-4-6-16)29-25(31)23-17-7-8-18(14-17)24(23)26(29)32/h2-6,9-12,17-18,21,23-24H,7-8,13-15H2,1H3,(H,28,30)/t17-,18-,21-,23-,24-/m0/s1. The van der Waals surface area contributed by atoms with Gasteiger partial charge in [0, 0.05) is 12.1 Å². The Morgan fingerprint density at radius 2 is 1.60 bits per heavy atom. The van der Waals surface area contributed by atoms with Crippen LogP contribution in [0.1, 0.15) is 24.8 Å². The number of ether oxygens (including phenoxy) is 2. The number of likely N-dealkylation sites (tertiary alicyclic amines) is 1. The Kier molecular flexibility index (Phi) is 6.28. The Labute approximate surface area is 203 Å². The van der Waals surface area contributed by atoms with E-state index in [-0.39, 0.29) is 41.9 Å². The predicted molar refractivity (Wildman–Crippen MR) is 126 cm³/mol. The average Bonchev–Trinajstić information content (AvgIpc) is 3.56. The van der Waals surface area contributed by atoms with Crippen molar-refractivity contribution in [3.8, 4) is 5.75 Å². The van der Waals surface area contributed by atoms with Gasteiger partial charge in [0.15, 0.2) is 6.61 Å². The zero-order valence-corrected chi connectivity index (χ0v) is 19.5. The Morgan fingerprint density at radius 3 is 2.20 bits per heavy atom. The molecule has 2 aliphatic carbocycles. The maximum Gasteiger partial charge on any atom is 0.330 e. The smallest absolute Gasteiger partial charge is 0.330 e. The summed E-state index contributed by atoms with van der Waals surface area (Å²) in [6, 6.07) is 14.9. The first kappa shape index (κ1) is 23.1. The second-order valence-electron chi connectivity index (χ2n) is 9.52. The number of imide groups is 1. The summed E-state index contributed by atoms with van der Waals surface area (Å²) >= 11 is 0. The third-order valence-electron chi connectivity index (χ3n) is 7.54. The van der Waals surface area contributed by atoms with Gasteiger partial charge in [0.1, 0.15) is 11.8 Å². The van der Waals surface area contributed by atoms with Gasteiger partial charge in [-0.25, -0.2) is 4.79 Å². The molecule has 2 bridgehead atoms. The molecule has 2 saturated carbocycles. The lowest BCUT2D eigenvalue weighted by Gasteiger charge is -2.26. The maximum atomic E-state index is 13.4. The number of fused-ring (bicyclic) bond motifs is 5. The largest absolute Gasteiger partial charge is 0.497 e. The SMILES string of the molecule is COc1ccc(NC(=O)COC(=O)[C@H](Cc2ccccc2)N2C(=O)[C@H]3[C@H]4CC[C@@H](C4)[C@@H]3C2=O)cc1. The summed E-state index contributed by atoms with van der Waals surface area (Å²) in [5.41, 5.74) is 1.33. The summed E-state index contributed by atoms with van der Waals surface area (Å²) in [5.74, 6) is -1.39. The predicted octanol–water partition coefficient (Wildman–Crippen LogP) is 2.82. The minimum Gasteiger partial charge on any atom is -0.497 e. The van der Waals surface area contributed by atoms with Crippen molar-refractivity contribution in [2.45, 2.75) is 31.7 Å². The van der Waals surface area contributed by atoms with Crippen molar-refractivity contribution in [3.63, 3.8) is 0 Å². The van der Waals surface area contributed by atoms with Crippen molar-refractivity contribution in [2.75, 3.05) is 19.0 Å². The lowest BCUT2D eigenvalue weighted by molar-refractivity contribution is -0.160. The lowest BCUT2D eigenvalue weighted by Crippen LogP contribution is -2.48. The van der Waals surface area contributed by atoms with Crippen molar-refractivity contribution in [3.05, 3.63) is 60.2 Å². The third kappa shape index (κ3) is 4.40. The molecule has 2 aromatic carbocycles. The number of rotatable bonds is 8. The number of benzene rings is 2. The molecule has 1 heterocycles. The van der Waals surface area contributed by atoms with Crippen molar-refractivity contribution in [1.29, 1.82) is 0 Å². The van der Waals surface area contributed by atoms with Gasteiger partial charge < -0.3 is 14.8 Å². The molecule has 1 aliphatic heterocycles. The number of nitrogens with zero attached hydrogens (tertiary/aromatic N) is 1. The van der Waals surface area contributed by atoms with Gasteiger partial charge in [-0.05, 0) is 60.9 Å². The molecule has 8 heteroatoms. The van der Waals surface area contributed by atoms with Crippen LogP contribution in [0, 0.1) is 23.7 Å². The van der Waals surface area contributed by atoms with Crippen LogP contribution in [0.4, 0.5) is 5.69 Å². The zero-order chi connectivity index (χ0) is 24.5. The molecule has 0 radical (unpaired) electrons. The topological polar surface area (TPSA) is 102 Å². The number of hydrogen-bond acceptors (Lipinski definition) is 6. The molecule has 5 rings (SSSR count). The van der Waals surface area contributed by atoms with E-state index in [0.717, 1.165) is 29.7 Å². The van der Waals surface area contributed by atoms with E-state index in [1.165, 1.54) is 0 Å². The van der Waals surface area contributed by atoms with Gasteiger partial charge in [-0.15, -0.1) is 0 Å². The van der Waals surface area contributed by atoms with Crippen LogP contribution in [0.5, 0.6) is 5.75 Å². The summed E-state index contributed by atoms with van der Waals surface area (Å²) < 4.78 is 10.4. The molecule has 3 fully saturated rings.